The third-order valence-corrected chi connectivity index (χ3v) is 3.73. The van der Waals surface area contributed by atoms with Crippen LogP contribution in [-0.4, -0.2) is 54.1 Å². The Balaban J connectivity index is 2.85. The average molecular weight is 241 g/mol. The first-order valence-corrected chi connectivity index (χ1v) is 6.61. The number of carbonyl (C=O) groups is 1. The maximum Gasteiger partial charge on any atom is 0.244 e. The number of nitrogens with zero attached hydrogens (tertiary/aromatic N) is 2. The summed E-state index contributed by atoms with van der Waals surface area (Å²) in [5.41, 5.74) is -0.374. The van der Waals surface area contributed by atoms with E-state index in [-0.39, 0.29) is 23.7 Å². The Labute approximate surface area is 105 Å². The monoisotopic (exact) mass is 241 g/mol. The molecule has 1 heterocycles. The van der Waals surface area contributed by atoms with Gasteiger partial charge < -0.3 is 9.80 Å². The van der Waals surface area contributed by atoms with Crippen LogP contribution in [-0.2, 0) is 4.79 Å². The highest BCUT2D eigenvalue weighted by Crippen LogP contribution is 2.26. The van der Waals surface area contributed by atoms with Crippen molar-refractivity contribution in [2.24, 2.45) is 0 Å². The van der Waals surface area contributed by atoms with Gasteiger partial charge in [0.25, 0.3) is 0 Å². The molecule has 1 N–H and O–H groups in total. The third-order valence-electron chi connectivity index (χ3n) is 3.73. The summed E-state index contributed by atoms with van der Waals surface area (Å²) < 4.78 is 0. The highest BCUT2D eigenvalue weighted by molar-refractivity contribution is 5.88. The van der Waals surface area contributed by atoms with Crippen molar-refractivity contribution in [1.82, 2.24) is 15.1 Å². The zero-order valence-corrected chi connectivity index (χ0v) is 12.1. The summed E-state index contributed by atoms with van der Waals surface area (Å²) >= 11 is 0. The molecule has 1 amide bonds. The van der Waals surface area contributed by atoms with Crippen LogP contribution in [0.4, 0.5) is 0 Å². The Morgan fingerprint density at radius 3 is 2.47 bits per heavy atom. The smallest absolute Gasteiger partial charge is 0.244 e. The summed E-state index contributed by atoms with van der Waals surface area (Å²) in [5, 5.41) is 3.48. The van der Waals surface area contributed by atoms with Gasteiger partial charge in [0, 0.05) is 12.6 Å². The van der Waals surface area contributed by atoms with E-state index in [4.69, 9.17) is 0 Å². The molecule has 3 unspecified atom stereocenters. The predicted molar refractivity (Wildman–Crippen MR) is 70.8 cm³/mol. The molecule has 1 fully saturated rings. The summed E-state index contributed by atoms with van der Waals surface area (Å²) in [4.78, 5) is 16.7. The van der Waals surface area contributed by atoms with Crippen molar-refractivity contribution in [2.45, 2.75) is 58.3 Å². The Hall–Kier alpha value is -0.610. The zero-order valence-electron chi connectivity index (χ0n) is 12.1. The molecule has 4 heteroatoms. The molecule has 1 aliphatic rings. The van der Waals surface area contributed by atoms with Crippen molar-refractivity contribution >= 4 is 5.91 Å². The van der Waals surface area contributed by atoms with Gasteiger partial charge in [0.15, 0.2) is 0 Å². The normalized spacial score (nSPS) is 31.4. The maximum atomic E-state index is 12.5. The van der Waals surface area contributed by atoms with Gasteiger partial charge in [-0.25, -0.2) is 0 Å². The fourth-order valence-electron chi connectivity index (χ4n) is 2.60. The minimum atomic E-state index is -0.374. The van der Waals surface area contributed by atoms with Gasteiger partial charge in [-0.1, -0.05) is 13.8 Å². The summed E-state index contributed by atoms with van der Waals surface area (Å²) in [5.74, 6) is 0.251. The van der Waals surface area contributed by atoms with E-state index in [1.54, 1.807) is 0 Å². The van der Waals surface area contributed by atoms with Crippen LogP contribution in [0.5, 0.6) is 0 Å². The molecule has 100 valence electrons. The summed E-state index contributed by atoms with van der Waals surface area (Å²) in [6.45, 7) is 9.24. The van der Waals surface area contributed by atoms with Gasteiger partial charge in [0.2, 0.25) is 5.91 Å². The lowest BCUT2D eigenvalue weighted by Gasteiger charge is -2.31. The van der Waals surface area contributed by atoms with Crippen LogP contribution in [0, 0.1) is 0 Å². The molecule has 0 aromatic heterocycles. The fourth-order valence-corrected chi connectivity index (χ4v) is 2.60. The summed E-state index contributed by atoms with van der Waals surface area (Å²) in [6.07, 6.45) is 1.98. The van der Waals surface area contributed by atoms with E-state index in [1.165, 1.54) is 0 Å². The van der Waals surface area contributed by atoms with E-state index in [9.17, 15) is 4.79 Å². The molecule has 0 spiro atoms. The number of hydrogen-bond acceptors (Lipinski definition) is 3. The molecule has 17 heavy (non-hydrogen) atoms. The Morgan fingerprint density at radius 2 is 2.06 bits per heavy atom. The number of amides is 1. The molecule has 0 aromatic rings. The van der Waals surface area contributed by atoms with E-state index >= 15 is 0 Å². The van der Waals surface area contributed by atoms with E-state index in [0.29, 0.717) is 0 Å². The molecule has 0 aliphatic carbocycles. The summed E-state index contributed by atoms with van der Waals surface area (Å²) in [7, 11) is 4.09. The van der Waals surface area contributed by atoms with Gasteiger partial charge in [0.05, 0.1) is 11.7 Å². The zero-order chi connectivity index (χ0) is 13.2. The molecule has 1 saturated heterocycles. The van der Waals surface area contributed by atoms with Crippen molar-refractivity contribution in [2.75, 3.05) is 20.6 Å². The molecule has 1 aliphatic heterocycles. The van der Waals surface area contributed by atoms with E-state index in [1.807, 2.05) is 25.9 Å². The van der Waals surface area contributed by atoms with Gasteiger partial charge in [-0.3, -0.25) is 10.1 Å². The number of carbonyl (C=O) groups excluding carboxylic acids is 1. The molecule has 0 aromatic carbocycles. The van der Waals surface area contributed by atoms with Crippen molar-refractivity contribution in [1.29, 1.82) is 0 Å². The number of nitrogens with one attached hydrogen (secondary N) is 1. The van der Waals surface area contributed by atoms with Crippen molar-refractivity contribution in [3.8, 4) is 0 Å². The number of rotatable bonds is 5. The quantitative estimate of drug-likeness (QED) is 0.787. The minimum Gasteiger partial charge on any atom is -0.322 e. The number of hydrogen-bond donors (Lipinski definition) is 1. The first-order valence-electron chi connectivity index (χ1n) is 6.61. The predicted octanol–water partition coefficient (Wildman–Crippen LogP) is 1.27. The van der Waals surface area contributed by atoms with Crippen LogP contribution in [0.3, 0.4) is 0 Å². The van der Waals surface area contributed by atoms with Crippen LogP contribution < -0.4 is 5.32 Å². The third kappa shape index (κ3) is 2.80. The number of likely N-dealkylation sites (N-methyl/N-ethyl adjacent to an activating group) is 1. The van der Waals surface area contributed by atoms with E-state index < -0.39 is 0 Å². The molecule has 1 rings (SSSR count). The van der Waals surface area contributed by atoms with Crippen LogP contribution in [0.15, 0.2) is 0 Å². The van der Waals surface area contributed by atoms with Crippen molar-refractivity contribution < 1.29 is 4.79 Å². The lowest BCUT2D eigenvalue weighted by molar-refractivity contribution is -0.135. The van der Waals surface area contributed by atoms with Crippen LogP contribution >= 0.6 is 0 Å². The highest BCUT2D eigenvalue weighted by Gasteiger charge is 2.47. The standard InChI is InChI=1S/C13H27N3O/c1-7-11-14-13(4,8-2)12(17)16(11)10(3)9-15(5)6/h10-11,14H,7-9H2,1-6H3. The second kappa shape index (κ2) is 5.36. The minimum absolute atomic E-state index is 0.183. The van der Waals surface area contributed by atoms with Crippen LogP contribution in [0.1, 0.15) is 40.5 Å². The van der Waals surface area contributed by atoms with Gasteiger partial charge in [-0.2, -0.15) is 0 Å². The van der Waals surface area contributed by atoms with Gasteiger partial charge >= 0.3 is 0 Å². The molecule has 0 saturated carbocycles. The van der Waals surface area contributed by atoms with Crippen molar-refractivity contribution in [3.05, 3.63) is 0 Å². The molecule has 0 radical (unpaired) electrons. The SMILES string of the molecule is CCC1NC(C)(CC)C(=O)N1C(C)CN(C)C. The fraction of sp³-hybridized carbons (Fsp3) is 0.923. The van der Waals surface area contributed by atoms with E-state index in [2.05, 4.69) is 31.0 Å². The second-order valence-electron chi connectivity index (χ2n) is 5.58. The Kier molecular flexibility index (Phi) is 4.55. The molecular formula is C13H27N3O. The lowest BCUT2D eigenvalue weighted by atomic mass is 9.99. The Morgan fingerprint density at radius 1 is 1.47 bits per heavy atom. The van der Waals surface area contributed by atoms with Gasteiger partial charge in [-0.05, 0) is 40.8 Å². The molecule has 3 atom stereocenters. The second-order valence-corrected chi connectivity index (χ2v) is 5.58. The average Bonchev–Trinajstić information content (AvgIpc) is 2.51. The topological polar surface area (TPSA) is 35.6 Å². The first kappa shape index (κ1) is 14.5. The van der Waals surface area contributed by atoms with Crippen molar-refractivity contribution in [3.63, 3.8) is 0 Å². The molecule has 4 nitrogen and oxygen atoms in total. The van der Waals surface area contributed by atoms with Crippen LogP contribution in [0.2, 0.25) is 0 Å². The molecular weight excluding hydrogens is 214 g/mol. The highest BCUT2D eigenvalue weighted by atomic mass is 16.2. The van der Waals surface area contributed by atoms with Gasteiger partial charge in [0.1, 0.15) is 0 Å². The summed E-state index contributed by atoms with van der Waals surface area (Å²) in [6, 6.07) is 0.253. The van der Waals surface area contributed by atoms with Gasteiger partial charge in [-0.15, -0.1) is 0 Å². The largest absolute Gasteiger partial charge is 0.322 e. The maximum absolute atomic E-state index is 12.5. The first-order chi connectivity index (χ1) is 7.85. The van der Waals surface area contributed by atoms with E-state index in [0.717, 1.165) is 19.4 Å². The molecule has 0 bridgehead atoms. The van der Waals surface area contributed by atoms with Crippen LogP contribution in [0.25, 0.3) is 0 Å². The Bertz CT molecular complexity index is 280. The lowest BCUT2D eigenvalue weighted by Crippen LogP contribution is -2.47.